The smallest absolute Gasteiger partial charge is 0.433 e. The van der Waals surface area contributed by atoms with Crippen molar-refractivity contribution < 1.29 is 22.4 Å². The summed E-state index contributed by atoms with van der Waals surface area (Å²) in [5.41, 5.74) is -1.07. The molecule has 0 bridgehead atoms. The van der Waals surface area contributed by atoms with E-state index in [1.807, 2.05) is 0 Å². The van der Waals surface area contributed by atoms with Crippen LogP contribution >= 0.6 is 0 Å². The Hall–Kier alpha value is -2.84. The fourth-order valence-electron chi connectivity index (χ4n) is 3.13. The third-order valence-corrected chi connectivity index (χ3v) is 4.41. The summed E-state index contributed by atoms with van der Waals surface area (Å²) >= 11 is 0. The van der Waals surface area contributed by atoms with E-state index in [4.69, 9.17) is 4.42 Å². The molecule has 0 unspecified atom stereocenters. The molecule has 1 amide bonds. The molecule has 4 rings (SSSR count). The molecule has 0 saturated carbocycles. The van der Waals surface area contributed by atoms with Gasteiger partial charge in [0, 0.05) is 13.1 Å². The Morgan fingerprint density at radius 2 is 1.96 bits per heavy atom. The molecule has 136 valence electrons. The van der Waals surface area contributed by atoms with E-state index in [2.05, 4.69) is 10.1 Å². The average Bonchev–Trinajstić information content (AvgIpc) is 3.30. The van der Waals surface area contributed by atoms with E-state index in [0.717, 1.165) is 31.5 Å². The fourth-order valence-corrected chi connectivity index (χ4v) is 3.13. The van der Waals surface area contributed by atoms with E-state index in [1.165, 1.54) is 12.3 Å². The van der Waals surface area contributed by atoms with Crippen molar-refractivity contribution >= 4 is 11.6 Å². The van der Waals surface area contributed by atoms with Crippen molar-refractivity contribution in [3.05, 3.63) is 41.9 Å². The first-order chi connectivity index (χ1) is 12.4. The predicted octanol–water partition coefficient (Wildman–Crippen LogP) is 3.63. The van der Waals surface area contributed by atoms with Crippen LogP contribution in [0.1, 0.15) is 35.3 Å². The highest BCUT2D eigenvalue weighted by molar-refractivity contribution is 6.00. The van der Waals surface area contributed by atoms with Crippen LogP contribution in [0.4, 0.5) is 13.2 Å². The zero-order valence-corrected chi connectivity index (χ0v) is 13.7. The summed E-state index contributed by atoms with van der Waals surface area (Å²) in [5.74, 6) is -0.160. The van der Waals surface area contributed by atoms with Crippen LogP contribution in [0, 0.1) is 0 Å². The number of furan rings is 1. The first-order valence-electron chi connectivity index (χ1n) is 8.24. The summed E-state index contributed by atoms with van der Waals surface area (Å²) in [4.78, 5) is 18.6. The molecule has 3 aromatic heterocycles. The minimum Gasteiger partial charge on any atom is -0.463 e. The van der Waals surface area contributed by atoms with Crippen LogP contribution in [0.2, 0.25) is 0 Å². The number of rotatable bonds is 2. The van der Waals surface area contributed by atoms with Crippen molar-refractivity contribution in [3.63, 3.8) is 0 Å². The molecule has 0 atom stereocenters. The summed E-state index contributed by atoms with van der Waals surface area (Å²) in [6.45, 7) is 1.17. The maximum absolute atomic E-state index is 13.5. The van der Waals surface area contributed by atoms with Crippen molar-refractivity contribution in [2.75, 3.05) is 13.1 Å². The number of carbonyl (C=O) groups is 1. The maximum Gasteiger partial charge on any atom is 0.433 e. The number of halogens is 3. The predicted molar refractivity (Wildman–Crippen MR) is 85.4 cm³/mol. The summed E-state index contributed by atoms with van der Waals surface area (Å²) in [6, 6.07) is 3.94. The number of piperidine rings is 1. The lowest BCUT2D eigenvalue weighted by Crippen LogP contribution is -2.35. The van der Waals surface area contributed by atoms with Gasteiger partial charge < -0.3 is 9.32 Å². The maximum atomic E-state index is 13.5. The Kier molecular flexibility index (Phi) is 3.93. The molecule has 1 aliphatic heterocycles. The van der Waals surface area contributed by atoms with Gasteiger partial charge in [0.2, 0.25) is 0 Å². The van der Waals surface area contributed by atoms with Gasteiger partial charge in [-0.05, 0) is 37.5 Å². The van der Waals surface area contributed by atoms with Crippen molar-refractivity contribution in [2.24, 2.45) is 0 Å². The number of amides is 1. The van der Waals surface area contributed by atoms with Gasteiger partial charge in [-0.3, -0.25) is 4.79 Å². The second-order valence-electron chi connectivity index (χ2n) is 6.15. The number of hydrogen-bond donors (Lipinski definition) is 0. The highest BCUT2D eigenvalue weighted by atomic mass is 19.4. The number of fused-ring (bicyclic) bond motifs is 1. The van der Waals surface area contributed by atoms with Gasteiger partial charge in [0.1, 0.15) is 11.3 Å². The number of alkyl halides is 3. The molecule has 1 saturated heterocycles. The van der Waals surface area contributed by atoms with Crippen LogP contribution in [-0.4, -0.2) is 38.5 Å². The van der Waals surface area contributed by atoms with Gasteiger partial charge in [-0.2, -0.15) is 18.3 Å². The van der Waals surface area contributed by atoms with E-state index >= 15 is 0 Å². The van der Waals surface area contributed by atoms with Crippen LogP contribution in [0.3, 0.4) is 0 Å². The lowest BCUT2D eigenvalue weighted by atomic mass is 10.1. The molecule has 3 aromatic rings. The number of likely N-dealkylation sites (tertiary alicyclic amines) is 1. The Labute approximate surface area is 146 Å². The number of aromatic nitrogens is 3. The van der Waals surface area contributed by atoms with Gasteiger partial charge in [0.25, 0.3) is 5.91 Å². The summed E-state index contributed by atoms with van der Waals surface area (Å²) in [5, 5.41) is 3.78. The van der Waals surface area contributed by atoms with Crippen LogP contribution < -0.4 is 0 Å². The first kappa shape index (κ1) is 16.6. The minimum absolute atomic E-state index is 0.00280. The number of nitrogens with zero attached hydrogens (tertiary/aromatic N) is 4. The zero-order chi connectivity index (χ0) is 18.3. The second kappa shape index (κ2) is 6.15. The van der Waals surface area contributed by atoms with Crippen LogP contribution in [0.25, 0.3) is 17.1 Å². The standard InChI is InChI=1S/C17H15F3N4O2/c18-17(19,20)14-9-12(13-5-4-8-26-13)22-15-11(10-21-24(14)15)16(25)23-6-2-1-3-7-23/h4-5,8-10H,1-3,6-7H2. The van der Waals surface area contributed by atoms with Crippen LogP contribution in [0.5, 0.6) is 0 Å². The van der Waals surface area contributed by atoms with E-state index in [1.54, 1.807) is 11.0 Å². The summed E-state index contributed by atoms with van der Waals surface area (Å²) in [7, 11) is 0. The first-order valence-corrected chi connectivity index (χ1v) is 8.24. The van der Waals surface area contributed by atoms with Crippen molar-refractivity contribution in [1.29, 1.82) is 0 Å². The largest absolute Gasteiger partial charge is 0.463 e. The molecule has 6 nitrogen and oxygen atoms in total. The Morgan fingerprint density at radius 1 is 1.19 bits per heavy atom. The van der Waals surface area contributed by atoms with Crippen LogP contribution in [-0.2, 0) is 6.18 Å². The van der Waals surface area contributed by atoms with Gasteiger partial charge >= 0.3 is 6.18 Å². The molecule has 0 spiro atoms. The molecule has 26 heavy (non-hydrogen) atoms. The molecule has 0 aliphatic carbocycles. The average molecular weight is 364 g/mol. The van der Waals surface area contributed by atoms with Crippen molar-refractivity contribution in [3.8, 4) is 11.5 Å². The molecule has 0 aromatic carbocycles. The Balaban J connectivity index is 1.87. The van der Waals surface area contributed by atoms with Gasteiger partial charge in [0.05, 0.1) is 12.5 Å². The molecule has 1 fully saturated rings. The molecular weight excluding hydrogens is 349 g/mol. The molecule has 0 N–H and O–H groups in total. The zero-order valence-electron chi connectivity index (χ0n) is 13.7. The minimum atomic E-state index is -4.65. The molecular formula is C17H15F3N4O2. The van der Waals surface area contributed by atoms with E-state index in [0.29, 0.717) is 17.6 Å². The summed E-state index contributed by atoms with van der Waals surface area (Å²) < 4.78 is 46.3. The lowest BCUT2D eigenvalue weighted by molar-refractivity contribution is -0.142. The molecule has 1 aliphatic rings. The van der Waals surface area contributed by atoms with Crippen molar-refractivity contribution in [1.82, 2.24) is 19.5 Å². The molecule has 4 heterocycles. The van der Waals surface area contributed by atoms with E-state index in [-0.39, 0.29) is 28.6 Å². The topological polar surface area (TPSA) is 63.6 Å². The van der Waals surface area contributed by atoms with Gasteiger partial charge in [0.15, 0.2) is 17.1 Å². The molecule has 9 heteroatoms. The number of carbonyl (C=O) groups excluding carboxylic acids is 1. The summed E-state index contributed by atoms with van der Waals surface area (Å²) in [6.07, 6.45) is 0.649. The van der Waals surface area contributed by atoms with E-state index in [9.17, 15) is 18.0 Å². The highest BCUT2D eigenvalue weighted by Gasteiger charge is 2.36. The van der Waals surface area contributed by atoms with Crippen LogP contribution in [0.15, 0.2) is 35.1 Å². The number of hydrogen-bond acceptors (Lipinski definition) is 4. The monoisotopic (exact) mass is 364 g/mol. The lowest BCUT2D eigenvalue weighted by Gasteiger charge is -2.26. The second-order valence-corrected chi connectivity index (χ2v) is 6.15. The Morgan fingerprint density at radius 3 is 2.62 bits per heavy atom. The molecule has 0 radical (unpaired) electrons. The SMILES string of the molecule is O=C(c1cnn2c(C(F)(F)F)cc(-c3ccco3)nc12)N1CCCCC1. The third-order valence-electron chi connectivity index (χ3n) is 4.41. The highest BCUT2D eigenvalue weighted by Crippen LogP contribution is 2.33. The van der Waals surface area contributed by atoms with Gasteiger partial charge in [-0.1, -0.05) is 0 Å². The van der Waals surface area contributed by atoms with Gasteiger partial charge in [-0.15, -0.1) is 0 Å². The fraction of sp³-hybridized carbons (Fsp3) is 0.353. The third kappa shape index (κ3) is 2.83. The van der Waals surface area contributed by atoms with Crippen molar-refractivity contribution in [2.45, 2.75) is 25.4 Å². The normalized spacial score (nSPS) is 15.6. The quantitative estimate of drug-likeness (QED) is 0.697. The Bertz CT molecular complexity index is 941. The van der Waals surface area contributed by atoms with Gasteiger partial charge in [-0.25, -0.2) is 9.50 Å². The van der Waals surface area contributed by atoms with E-state index < -0.39 is 11.9 Å².